The number of hydrogen-bond acceptors (Lipinski definition) is 3. The third-order valence-electron chi connectivity index (χ3n) is 3.08. The van der Waals surface area contributed by atoms with Crippen LogP contribution in [0.4, 0.5) is 4.39 Å². The van der Waals surface area contributed by atoms with Crippen molar-refractivity contribution in [1.29, 1.82) is 0 Å². The second-order valence-electron chi connectivity index (χ2n) is 4.68. The quantitative estimate of drug-likeness (QED) is 0.716. The Morgan fingerprint density at radius 2 is 1.82 bits per heavy atom. The zero-order valence-corrected chi connectivity index (χ0v) is 12.4. The van der Waals surface area contributed by atoms with Crippen molar-refractivity contribution in [2.75, 3.05) is 19.8 Å². The summed E-state index contributed by atoms with van der Waals surface area (Å²) in [5, 5.41) is 2.96. The van der Waals surface area contributed by atoms with Crippen molar-refractivity contribution in [3.63, 3.8) is 0 Å². The SMILES string of the molecule is C=CNCCOC[C@@H](Oc1ccccc1F)c1ccccc1. The average molecular weight is 301 g/mol. The molecule has 4 heteroatoms. The Morgan fingerprint density at radius 1 is 1.09 bits per heavy atom. The van der Waals surface area contributed by atoms with E-state index in [0.29, 0.717) is 19.8 Å². The summed E-state index contributed by atoms with van der Waals surface area (Å²) >= 11 is 0. The van der Waals surface area contributed by atoms with Gasteiger partial charge in [-0.2, -0.15) is 0 Å². The fraction of sp³-hybridized carbons (Fsp3) is 0.222. The summed E-state index contributed by atoms with van der Waals surface area (Å²) in [6, 6.07) is 16.0. The van der Waals surface area contributed by atoms with Crippen LogP contribution in [0.25, 0.3) is 0 Å². The number of para-hydroxylation sites is 1. The number of rotatable bonds is 9. The van der Waals surface area contributed by atoms with Crippen molar-refractivity contribution in [2.45, 2.75) is 6.10 Å². The normalized spacial score (nSPS) is 11.7. The predicted octanol–water partition coefficient (Wildman–Crippen LogP) is 3.70. The van der Waals surface area contributed by atoms with Crippen LogP contribution in [0, 0.1) is 5.82 Å². The minimum absolute atomic E-state index is 0.226. The number of nitrogens with one attached hydrogen (secondary N) is 1. The molecule has 1 N–H and O–H groups in total. The Labute approximate surface area is 130 Å². The summed E-state index contributed by atoms with van der Waals surface area (Å²) in [4.78, 5) is 0. The van der Waals surface area contributed by atoms with Gasteiger partial charge in [0.25, 0.3) is 0 Å². The van der Waals surface area contributed by atoms with Gasteiger partial charge >= 0.3 is 0 Å². The van der Waals surface area contributed by atoms with E-state index in [1.165, 1.54) is 6.07 Å². The minimum atomic E-state index is -0.378. The highest BCUT2D eigenvalue weighted by Gasteiger charge is 2.15. The molecule has 2 aromatic rings. The van der Waals surface area contributed by atoms with Gasteiger partial charge in [-0.05, 0) is 23.9 Å². The molecule has 0 spiro atoms. The molecule has 0 aliphatic rings. The van der Waals surface area contributed by atoms with Gasteiger partial charge < -0.3 is 14.8 Å². The predicted molar refractivity (Wildman–Crippen MR) is 85.2 cm³/mol. The second-order valence-corrected chi connectivity index (χ2v) is 4.68. The molecule has 0 radical (unpaired) electrons. The van der Waals surface area contributed by atoms with Gasteiger partial charge in [0.15, 0.2) is 11.6 Å². The van der Waals surface area contributed by atoms with Crippen LogP contribution >= 0.6 is 0 Å². The maximum absolute atomic E-state index is 13.8. The molecular formula is C18H20FNO2. The Balaban J connectivity index is 2.02. The first-order chi connectivity index (χ1) is 10.8. The Kier molecular flexibility index (Phi) is 6.45. The van der Waals surface area contributed by atoms with Gasteiger partial charge in [-0.15, -0.1) is 0 Å². The third kappa shape index (κ3) is 4.90. The van der Waals surface area contributed by atoms with Crippen LogP contribution in [0.2, 0.25) is 0 Å². The van der Waals surface area contributed by atoms with E-state index in [4.69, 9.17) is 9.47 Å². The fourth-order valence-electron chi connectivity index (χ4n) is 1.98. The fourth-order valence-corrected chi connectivity index (χ4v) is 1.98. The van der Waals surface area contributed by atoms with Crippen LogP contribution in [-0.4, -0.2) is 19.8 Å². The average Bonchev–Trinajstić information content (AvgIpc) is 2.56. The summed E-state index contributed by atoms with van der Waals surface area (Å²) in [7, 11) is 0. The molecule has 116 valence electrons. The molecule has 0 aliphatic heterocycles. The molecule has 22 heavy (non-hydrogen) atoms. The molecular weight excluding hydrogens is 281 g/mol. The number of hydrogen-bond donors (Lipinski definition) is 1. The first-order valence-electron chi connectivity index (χ1n) is 7.19. The van der Waals surface area contributed by atoms with Crippen molar-refractivity contribution < 1.29 is 13.9 Å². The van der Waals surface area contributed by atoms with Crippen molar-refractivity contribution in [3.05, 3.63) is 78.8 Å². The zero-order chi connectivity index (χ0) is 15.6. The van der Waals surface area contributed by atoms with Crippen LogP contribution in [0.1, 0.15) is 11.7 Å². The molecule has 1 atom stereocenters. The summed E-state index contributed by atoms with van der Waals surface area (Å²) in [6.45, 7) is 5.11. The van der Waals surface area contributed by atoms with Crippen molar-refractivity contribution in [1.82, 2.24) is 5.32 Å². The van der Waals surface area contributed by atoms with E-state index in [-0.39, 0.29) is 17.7 Å². The van der Waals surface area contributed by atoms with E-state index in [0.717, 1.165) is 5.56 Å². The maximum Gasteiger partial charge on any atom is 0.165 e. The molecule has 2 aromatic carbocycles. The van der Waals surface area contributed by atoms with Gasteiger partial charge in [-0.25, -0.2) is 4.39 Å². The molecule has 0 saturated carbocycles. The van der Waals surface area contributed by atoms with Gasteiger partial charge in [0, 0.05) is 6.54 Å². The van der Waals surface area contributed by atoms with Crippen molar-refractivity contribution in [2.24, 2.45) is 0 Å². The topological polar surface area (TPSA) is 30.5 Å². The van der Waals surface area contributed by atoms with E-state index in [1.807, 2.05) is 30.3 Å². The molecule has 0 aromatic heterocycles. The van der Waals surface area contributed by atoms with Crippen molar-refractivity contribution in [3.8, 4) is 5.75 Å². The number of halogens is 1. The highest BCUT2D eigenvalue weighted by Crippen LogP contribution is 2.24. The molecule has 0 saturated heterocycles. The van der Waals surface area contributed by atoms with Crippen LogP contribution < -0.4 is 10.1 Å². The largest absolute Gasteiger partial charge is 0.480 e. The lowest BCUT2D eigenvalue weighted by Gasteiger charge is -2.20. The summed E-state index contributed by atoms with van der Waals surface area (Å²) in [5.41, 5.74) is 0.947. The highest BCUT2D eigenvalue weighted by molar-refractivity contribution is 5.26. The summed E-state index contributed by atoms with van der Waals surface area (Å²) in [5.74, 6) is -0.152. The van der Waals surface area contributed by atoms with E-state index in [1.54, 1.807) is 24.4 Å². The molecule has 0 amide bonds. The van der Waals surface area contributed by atoms with E-state index >= 15 is 0 Å². The monoisotopic (exact) mass is 301 g/mol. The maximum atomic E-state index is 13.8. The van der Waals surface area contributed by atoms with Crippen LogP contribution in [-0.2, 0) is 4.74 Å². The van der Waals surface area contributed by atoms with Gasteiger partial charge in [0.1, 0.15) is 6.10 Å². The van der Waals surface area contributed by atoms with Crippen LogP contribution in [0.5, 0.6) is 5.75 Å². The van der Waals surface area contributed by atoms with Crippen LogP contribution in [0.15, 0.2) is 67.4 Å². The Hall–Kier alpha value is -2.33. The molecule has 2 rings (SSSR count). The molecule has 0 aliphatic carbocycles. The highest BCUT2D eigenvalue weighted by atomic mass is 19.1. The Morgan fingerprint density at radius 3 is 2.55 bits per heavy atom. The first-order valence-corrected chi connectivity index (χ1v) is 7.19. The number of benzene rings is 2. The lowest BCUT2D eigenvalue weighted by atomic mass is 10.1. The zero-order valence-electron chi connectivity index (χ0n) is 12.4. The van der Waals surface area contributed by atoms with Crippen molar-refractivity contribution >= 4 is 0 Å². The first kappa shape index (κ1) is 16.0. The van der Waals surface area contributed by atoms with Crippen LogP contribution in [0.3, 0.4) is 0 Å². The lowest BCUT2D eigenvalue weighted by Crippen LogP contribution is -2.19. The van der Waals surface area contributed by atoms with Gasteiger partial charge in [0.05, 0.1) is 13.2 Å². The molecule has 0 bridgehead atoms. The molecule has 3 nitrogen and oxygen atoms in total. The van der Waals surface area contributed by atoms with E-state index in [2.05, 4.69) is 11.9 Å². The van der Waals surface area contributed by atoms with Gasteiger partial charge in [0.2, 0.25) is 0 Å². The molecule has 0 heterocycles. The summed E-state index contributed by atoms with van der Waals surface area (Å²) in [6.07, 6.45) is 1.26. The van der Waals surface area contributed by atoms with E-state index < -0.39 is 0 Å². The van der Waals surface area contributed by atoms with Gasteiger partial charge in [-0.3, -0.25) is 0 Å². The second kappa shape index (κ2) is 8.85. The minimum Gasteiger partial charge on any atom is -0.480 e. The third-order valence-corrected chi connectivity index (χ3v) is 3.08. The molecule has 0 fully saturated rings. The van der Waals surface area contributed by atoms with E-state index in [9.17, 15) is 4.39 Å². The van der Waals surface area contributed by atoms with Gasteiger partial charge in [-0.1, -0.05) is 49.0 Å². The lowest BCUT2D eigenvalue weighted by molar-refractivity contribution is 0.0498. The number of ether oxygens (including phenoxy) is 2. The standard InChI is InChI=1S/C18H20FNO2/c1-2-20-12-13-21-14-18(15-8-4-3-5-9-15)22-17-11-7-6-10-16(17)19/h2-11,18,20H,1,12-14H2/t18-/m1/s1. The molecule has 0 unspecified atom stereocenters. The smallest absolute Gasteiger partial charge is 0.165 e. The summed E-state index contributed by atoms with van der Waals surface area (Å²) < 4.78 is 25.2. The Bertz CT molecular complexity index is 574.